The molecule has 7 heteroatoms. The highest BCUT2D eigenvalue weighted by atomic mass is 79.9. The third-order valence-corrected chi connectivity index (χ3v) is 3.09. The summed E-state index contributed by atoms with van der Waals surface area (Å²) in [5.41, 5.74) is 7.66. The molecule has 2 rings (SSSR count). The molecular weight excluding hydrogens is 322 g/mol. The zero-order chi connectivity index (χ0) is 14.5. The highest BCUT2D eigenvalue weighted by Crippen LogP contribution is 2.26. The van der Waals surface area contributed by atoms with Crippen molar-refractivity contribution in [3.8, 4) is 6.01 Å². The minimum absolute atomic E-state index is 0.122. The fourth-order valence-corrected chi connectivity index (χ4v) is 2.12. The maximum absolute atomic E-state index is 5.65. The van der Waals surface area contributed by atoms with E-state index < -0.39 is 0 Å². The lowest BCUT2D eigenvalue weighted by molar-refractivity contribution is 0.292. The van der Waals surface area contributed by atoms with Crippen LogP contribution in [0.25, 0.3) is 0 Å². The van der Waals surface area contributed by atoms with E-state index in [2.05, 4.69) is 36.2 Å². The van der Waals surface area contributed by atoms with Crippen LogP contribution in [0.2, 0.25) is 0 Å². The van der Waals surface area contributed by atoms with E-state index in [1.165, 1.54) is 0 Å². The Labute approximate surface area is 125 Å². The first kappa shape index (κ1) is 14.5. The van der Waals surface area contributed by atoms with E-state index in [4.69, 9.17) is 10.5 Å². The molecule has 0 amide bonds. The maximum Gasteiger partial charge on any atom is 0.323 e. The summed E-state index contributed by atoms with van der Waals surface area (Å²) < 4.78 is 6.29. The minimum Gasteiger partial charge on any atom is -0.463 e. The van der Waals surface area contributed by atoms with Gasteiger partial charge in [0.05, 0.1) is 12.3 Å². The molecule has 0 saturated heterocycles. The SMILES string of the molecule is CCCOc1nc(N)nc(Nc2ccc(C)cc2Br)n1. The van der Waals surface area contributed by atoms with Gasteiger partial charge in [-0.3, -0.25) is 0 Å². The maximum atomic E-state index is 5.65. The summed E-state index contributed by atoms with van der Waals surface area (Å²) in [5, 5.41) is 3.09. The Hall–Kier alpha value is -1.89. The average molecular weight is 338 g/mol. The number of nitrogen functional groups attached to an aromatic ring is 1. The number of aryl methyl sites for hydroxylation is 1. The van der Waals surface area contributed by atoms with E-state index in [-0.39, 0.29) is 12.0 Å². The third kappa shape index (κ3) is 3.80. The van der Waals surface area contributed by atoms with Crippen LogP contribution in [0.4, 0.5) is 17.6 Å². The number of nitrogens with two attached hydrogens (primary N) is 1. The first-order valence-corrected chi connectivity index (χ1v) is 7.05. The molecule has 1 aromatic heterocycles. The summed E-state index contributed by atoms with van der Waals surface area (Å²) in [6, 6.07) is 6.16. The number of aromatic nitrogens is 3. The van der Waals surface area contributed by atoms with Crippen molar-refractivity contribution >= 4 is 33.5 Å². The van der Waals surface area contributed by atoms with Crippen molar-refractivity contribution in [3.63, 3.8) is 0 Å². The number of hydrogen-bond donors (Lipinski definition) is 2. The van der Waals surface area contributed by atoms with Gasteiger partial charge >= 0.3 is 6.01 Å². The third-order valence-electron chi connectivity index (χ3n) is 2.44. The number of hydrogen-bond acceptors (Lipinski definition) is 6. The van der Waals surface area contributed by atoms with Crippen molar-refractivity contribution in [2.75, 3.05) is 17.7 Å². The van der Waals surface area contributed by atoms with Crippen molar-refractivity contribution < 1.29 is 4.74 Å². The first-order chi connectivity index (χ1) is 9.58. The van der Waals surface area contributed by atoms with Gasteiger partial charge in [0.1, 0.15) is 0 Å². The van der Waals surface area contributed by atoms with E-state index in [9.17, 15) is 0 Å². The molecule has 0 saturated carbocycles. The van der Waals surface area contributed by atoms with Crippen LogP contribution in [0, 0.1) is 6.92 Å². The Kier molecular flexibility index (Phi) is 4.73. The Balaban J connectivity index is 2.21. The highest BCUT2D eigenvalue weighted by molar-refractivity contribution is 9.10. The zero-order valence-electron chi connectivity index (χ0n) is 11.4. The molecule has 6 nitrogen and oxygen atoms in total. The summed E-state index contributed by atoms with van der Waals surface area (Å²) in [7, 11) is 0. The summed E-state index contributed by atoms with van der Waals surface area (Å²) >= 11 is 3.49. The van der Waals surface area contributed by atoms with Gasteiger partial charge in [-0.05, 0) is 47.0 Å². The Morgan fingerprint density at radius 3 is 2.80 bits per heavy atom. The predicted molar refractivity (Wildman–Crippen MR) is 82.2 cm³/mol. The lowest BCUT2D eigenvalue weighted by Crippen LogP contribution is -2.07. The van der Waals surface area contributed by atoms with Gasteiger partial charge in [-0.25, -0.2) is 0 Å². The molecule has 0 fully saturated rings. The number of rotatable bonds is 5. The van der Waals surface area contributed by atoms with Crippen LogP contribution in [0.5, 0.6) is 6.01 Å². The van der Waals surface area contributed by atoms with Crippen LogP contribution >= 0.6 is 15.9 Å². The second-order valence-electron chi connectivity index (χ2n) is 4.26. The minimum atomic E-state index is 0.122. The van der Waals surface area contributed by atoms with Crippen molar-refractivity contribution in [2.24, 2.45) is 0 Å². The molecule has 0 atom stereocenters. The van der Waals surface area contributed by atoms with Crippen LogP contribution in [0.3, 0.4) is 0 Å². The highest BCUT2D eigenvalue weighted by Gasteiger charge is 2.07. The summed E-state index contributed by atoms with van der Waals surface area (Å²) in [4.78, 5) is 12.1. The van der Waals surface area contributed by atoms with Gasteiger partial charge in [-0.15, -0.1) is 0 Å². The lowest BCUT2D eigenvalue weighted by Gasteiger charge is -2.09. The topological polar surface area (TPSA) is 86.0 Å². The normalized spacial score (nSPS) is 10.3. The van der Waals surface area contributed by atoms with Gasteiger partial charge in [-0.2, -0.15) is 15.0 Å². The lowest BCUT2D eigenvalue weighted by atomic mass is 10.2. The number of ether oxygens (including phenoxy) is 1. The fraction of sp³-hybridized carbons (Fsp3) is 0.308. The molecule has 0 radical (unpaired) electrons. The van der Waals surface area contributed by atoms with Gasteiger partial charge in [0.2, 0.25) is 11.9 Å². The molecule has 0 spiro atoms. The average Bonchev–Trinajstić information content (AvgIpc) is 2.39. The van der Waals surface area contributed by atoms with Crippen molar-refractivity contribution in [1.82, 2.24) is 15.0 Å². The Morgan fingerprint density at radius 1 is 1.30 bits per heavy atom. The van der Waals surface area contributed by atoms with Crippen LogP contribution in [0.1, 0.15) is 18.9 Å². The fourth-order valence-electron chi connectivity index (χ4n) is 1.53. The van der Waals surface area contributed by atoms with E-state index in [1.54, 1.807) is 0 Å². The summed E-state index contributed by atoms with van der Waals surface area (Å²) in [6.45, 7) is 4.57. The molecule has 0 aliphatic heterocycles. The Bertz CT molecular complexity index is 605. The molecule has 0 aliphatic carbocycles. The van der Waals surface area contributed by atoms with Gasteiger partial charge in [0, 0.05) is 4.47 Å². The molecule has 0 bridgehead atoms. The van der Waals surface area contributed by atoms with Crippen molar-refractivity contribution in [3.05, 3.63) is 28.2 Å². The molecule has 20 heavy (non-hydrogen) atoms. The van der Waals surface area contributed by atoms with E-state index in [1.807, 2.05) is 32.0 Å². The summed E-state index contributed by atoms with van der Waals surface area (Å²) in [6.07, 6.45) is 0.873. The molecular formula is C13H16BrN5O. The zero-order valence-corrected chi connectivity index (χ0v) is 12.9. The van der Waals surface area contributed by atoms with Crippen LogP contribution < -0.4 is 15.8 Å². The van der Waals surface area contributed by atoms with E-state index >= 15 is 0 Å². The van der Waals surface area contributed by atoms with Gasteiger partial charge < -0.3 is 15.8 Å². The second-order valence-corrected chi connectivity index (χ2v) is 5.11. The van der Waals surface area contributed by atoms with Gasteiger partial charge in [0.25, 0.3) is 0 Å². The van der Waals surface area contributed by atoms with E-state index in [0.29, 0.717) is 12.6 Å². The number of anilines is 3. The van der Waals surface area contributed by atoms with Gasteiger partial charge in [0.15, 0.2) is 0 Å². The van der Waals surface area contributed by atoms with Crippen LogP contribution in [-0.2, 0) is 0 Å². The predicted octanol–water partition coefficient (Wildman–Crippen LogP) is 3.06. The van der Waals surface area contributed by atoms with Gasteiger partial charge in [-0.1, -0.05) is 13.0 Å². The monoisotopic (exact) mass is 337 g/mol. The smallest absolute Gasteiger partial charge is 0.323 e. The van der Waals surface area contributed by atoms with Crippen molar-refractivity contribution in [2.45, 2.75) is 20.3 Å². The number of nitrogens with zero attached hydrogens (tertiary/aromatic N) is 3. The Morgan fingerprint density at radius 2 is 2.10 bits per heavy atom. The number of nitrogens with one attached hydrogen (secondary N) is 1. The standard InChI is InChI=1S/C13H16BrN5O/c1-3-6-20-13-18-11(15)17-12(19-13)16-10-5-4-8(2)7-9(10)14/h4-5,7H,3,6H2,1-2H3,(H3,15,16,17,18,19). The quantitative estimate of drug-likeness (QED) is 0.871. The first-order valence-electron chi connectivity index (χ1n) is 6.26. The largest absolute Gasteiger partial charge is 0.463 e. The number of benzene rings is 1. The molecule has 1 aromatic carbocycles. The second kappa shape index (κ2) is 6.51. The molecule has 106 valence electrons. The molecule has 0 aliphatic rings. The summed E-state index contributed by atoms with van der Waals surface area (Å²) in [5.74, 6) is 0.477. The van der Waals surface area contributed by atoms with E-state index in [0.717, 1.165) is 22.1 Å². The molecule has 0 unspecified atom stereocenters. The molecule has 2 aromatic rings. The molecule has 1 heterocycles. The number of halogens is 1. The van der Waals surface area contributed by atoms with Crippen LogP contribution in [-0.4, -0.2) is 21.6 Å². The van der Waals surface area contributed by atoms with Crippen molar-refractivity contribution in [1.29, 1.82) is 0 Å². The molecule has 3 N–H and O–H groups in total. The van der Waals surface area contributed by atoms with Crippen LogP contribution in [0.15, 0.2) is 22.7 Å².